The summed E-state index contributed by atoms with van der Waals surface area (Å²) in [6.45, 7) is 1.81. The van der Waals surface area contributed by atoms with Gasteiger partial charge in [-0.3, -0.25) is 0 Å². The third-order valence-corrected chi connectivity index (χ3v) is 2.23. The molecule has 5 atom stereocenters. The van der Waals surface area contributed by atoms with Crippen molar-refractivity contribution < 1.29 is 19.3 Å². The molecule has 0 bridgehead atoms. The van der Waals surface area contributed by atoms with Gasteiger partial charge in [-0.05, 0) is 6.92 Å². The first kappa shape index (κ1) is 7.49. The van der Waals surface area contributed by atoms with Gasteiger partial charge in [-0.25, -0.2) is 0 Å². The lowest BCUT2D eigenvalue weighted by Crippen LogP contribution is -2.43. The van der Waals surface area contributed by atoms with Crippen molar-refractivity contribution in [2.75, 3.05) is 7.11 Å². The minimum atomic E-state index is -0.494. The van der Waals surface area contributed by atoms with E-state index in [1.165, 1.54) is 0 Å². The van der Waals surface area contributed by atoms with Crippen LogP contribution in [0.15, 0.2) is 0 Å². The molecule has 11 heavy (non-hydrogen) atoms. The van der Waals surface area contributed by atoms with Crippen LogP contribution in [0.2, 0.25) is 0 Å². The second-order valence-corrected chi connectivity index (χ2v) is 3.00. The molecule has 2 saturated heterocycles. The van der Waals surface area contributed by atoms with Crippen LogP contribution < -0.4 is 0 Å². The molecule has 2 aliphatic heterocycles. The molecule has 0 amide bonds. The lowest BCUT2D eigenvalue weighted by Gasteiger charge is -2.27. The van der Waals surface area contributed by atoms with Crippen LogP contribution in [0, 0.1) is 0 Å². The van der Waals surface area contributed by atoms with Crippen molar-refractivity contribution in [3.63, 3.8) is 0 Å². The Kier molecular flexibility index (Phi) is 1.64. The number of hydrogen-bond acceptors (Lipinski definition) is 4. The highest BCUT2D eigenvalue weighted by Crippen LogP contribution is 2.37. The van der Waals surface area contributed by atoms with E-state index in [1.54, 1.807) is 7.11 Å². The second-order valence-electron chi connectivity index (χ2n) is 3.00. The third kappa shape index (κ3) is 1.06. The van der Waals surface area contributed by atoms with Crippen LogP contribution in [-0.4, -0.2) is 42.9 Å². The van der Waals surface area contributed by atoms with Gasteiger partial charge in [0.25, 0.3) is 0 Å². The fraction of sp³-hybridized carbons (Fsp3) is 1.00. The van der Waals surface area contributed by atoms with Gasteiger partial charge in [0, 0.05) is 7.11 Å². The van der Waals surface area contributed by atoms with Crippen molar-refractivity contribution in [1.29, 1.82) is 0 Å². The van der Waals surface area contributed by atoms with E-state index in [0.717, 1.165) is 0 Å². The third-order valence-electron chi connectivity index (χ3n) is 2.23. The SMILES string of the molecule is COC1OC(C)C(O)C2OC12. The molecule has 0 spiro atoms. The molecule has 0 aliphatic carbocycles. The zero-order chi connectivity index (χ0) is 8.01. The molecule has 0 radical (unpaired) electrons. The van der Waals surface area contributed by atoms with Crippen molar-refractivity contribution in [2.24, 2.45) is 0 Å². The Labute approximate surface area is 65.1 Å². The lowest BCUT2D eigenvalue weighted by molar-refractivity contribution is -0.193. The first-order valence-corrected chi connectivity index (χ1v) is 3.76. The number of aliphatic hydroxyl groups excluding tert-OH is 1. The highest BCUT2D eigenvalue weighted by atomic mass is 16.7. The van der Waals surface area contributed by atoms with Gasteiger partial charge in [0.15, 0.2) is 6.29 Å². The van der Waals surface area contributed by atoms with E-state index in [2.05, 4.69) is 0 Å². The number of aliphatic hydroxyl groups is 1. The van der Waals surface area contributed by atoms with Crippen LogP contribution in [0.4, 0.5) is 0 Å². The molecule has 1 N–H and O–H groups in total. The Bertz CT molecular complexity index is 157. The van der Waals surface area contributed by atoms with Gasteiger partial charge >= 0.3 is 0 Å². The van der Waals surface area contributed by atoms with Crippen molar-refractivity contribution in [2.45, 2.75) is 37.6 Å². The van der Waals surface area contributed by atoms with Gasteiger partial charge in [0.1, 0.15) is 18.3 Å². The maximum absolute atomic E-state index is 9.40. The van der Waals surface area contributed by atoms with Crippen LogP contribution in [0.1, 0.15) is 6.92 Å². The largest absolute Gasteiger partial charge is 0.388 e. The molecule has 0 aromatic carbocycles. The molecule has 2 heterocycles. The van der Waals surface area contributed by atoms with Crippen molar-refractivity contribution in [3.8, 4) is 0 Å². The summed E-state index contributed by atoms with van der Waals surface area (Å²) in [7, 11) is 1.58. The summed E-state index contributed by atoms with van der Waals surface area (Å²) < 4.78 is 15.5. The highest BCUT2D eigenvalue weighted by Gasteiger charge is 2.56. The van der Waals surface area contributed by atoms with Crippen LogP contribution in [0.3, 0.4) is 0 Å². The zero-order valence-corrected chi connectivity index (χ0v) is 6.56. The molecule has 0 aromatic rings. The predicted molar refractivity (Wildman–Crippen MR) is 36.0 cm³/mol. The maximum Gasteiger partial charge on any atom is 0.186 e. The average Bonchev–Trinajstić information content (AvgIpc) is 2.76. The molecule has 5 unspecified atom stereocenters. The molecule has 2 rings (SSSR count). The van der Waals surface area contributed by atoms with Gasteiger partial charge in [0.05, 0.1) is 6.10 Å². The topological polar surface area (TPSA) is 51.2 Å². The number of fused-ring (bicyclic) bond motifs is 1. The van der Waals surface area contributed by atoms with E-state index in [0.29, 0.717) is 0 Å². The first-order valence-electron chi connectivity index (χ1n) is 3.76. The number of methoxy groups -OCH3 is 1. The van der Waals surface area contributed by atoms with Gasteiger partial charge in [0.2, 0.25) is 0 Å². The van der Waals surface area contributed by atoms with Gasteiger partial charge < -0.3 is 19.3 Å². The van der Waals surface area contributed by atoms with E-state index < -0.39 is 6.10 Å². The molecular formula is C7H12O4. The monoisotopic (exact) mass is 160 g/mol. The van der Waals surface area contributed by atoms with Crippen LogP contribution in [0.25, 0.3) is 0 Å². The standard InChI is InChI=1S/C7H12O4/c1-3-4(8)5-6(11-5)7(9-2)10-3/h3-8H,1-2H3. The molecule has 2 fully saturated rings. The summed E-state index contributed by atoms with van der Waals surface area (Å²) in [5.74, 6) is 0. The smallest absolute Gasteiger partial charge is 0.186 e. The summed E-state index contributed by atoms with van der Waals surface area (Å²) in [6.07, 6.45) is -1.09. The minimum Gasteiger partial charge on any atom is -0.388 e. The number of ether oxygens (including phenoxy) is 3. The Morgan fingerprint density at radius 1 is 1.27 bits per heavy atom. The van der Waals surface area contributed by atoms with E-state index >= 15 is 0 Å². The summed E-state index contributed by atoms with van der Waals surface area (Å²) in [6, 6.07) is 0. The molecule has 4 heteroatoms. The molecule has 0 saturated carbocycles. The average molecular weight is 160 g/mol. The van der Waals surface area contributed by atoms with Crippen LogP contribution in [0.5, 0.6) is 0 Å². The summed E-state index contributed by atoms with van der Waals surface area (Å²) in [5, 5.41) is 9.40. The van der Waals surface area contributed by atoms with E-state index in [-0.39, 0.29) is 24.6 Å². The second kappa shape index (κ2) is 2.42. The first-order chi connectivity index (χ1) is 5.24. The van der Waals surface area contributed by atoms with E-state index in [1.807, 2.05) is 6.92 Å². The predicted octanol–water partition coefficient (Wildman–Crippen LogP) is -0.494. The van der Waals surface area contributed by atoms with E-state index in [4.69, 9.17) is 14.2 Å². The molecule has 2 aliphatic rings. The number of rotatable bonds is 1. The molecule has 64 valence electrons. The molecule has 4 nitrogen and oxygen atoms in total. The van der Waals surface area contributed by atoms with Gasteiger partial charge in [-0.1, -0.05) is 0 Å². The Morgan fingerprint density at radius 2 is 2.00 bits per heavy atom. The maximum atomic E-state index is 9.40. The van der Waals surface area contributed by atoms with Crippen molar-refractivity contribution in [1.82, 2.24) is 0 Å². The Hall–Kier alpha value is -0.160. The fourth-order valence-electron chi connectivity index (χ4n) is 1.46. The van der Waals surface area contributed by atoms with Gasteiger partial charge in [-0.2, -0.15) is 0 Å². The summed E-state index contributed by atoms with van der Waals surface area (Å²) >= 11 is 0. The van der Waals surface area contributed by atoms with Crippen LogP contribution in [-0.2, 0) is 14.2 Å². The van der Waals surface area contributed by atoms with Crippen molar-refractivity contribution >= 4 is 0 Å². The van der Waals surface area contributed by atoms with Crippen LogP contribution >= 0.6 is 0 Å². The highest BCUT2D eigenvalue weighted by molar-refractivity contribution is 4.99. The minimum absolute atomic E-state index is 0.0498. The molecular weight excluding hydrogens is 148 g/mol. The summed E-state index contributed by atoms with van der Waals surface area (Å²) in [5.41, 5.74) is 0. The van der Waals surface area contributed by atoms with Gasteiger partial charge in [-0.15, -0.1) is 0 Å². The lowest BCUT2D eigenvalue weighted by atomic mass is 10.1. The normalized spacial score (nSPS) is 55.4. The van der Waals surface area contributed by atoms with Crippen molar-refractivity contribution in [3.05, 3.63) is 0 Å². The fourth-order valence-corrected chi connectivity index (χ4v) is 1.46. The molecule has 0 aromatic heterocycles. The van der Waals surface area contributed by atoms with E-state index in [9.17, 15) is 5.11 Å². The zero-order valence-electron chi connectivity index (χ0n) is 6.56. The Morgan fingerprint density at radius 3 is 2.64 bits per heavy atom. The number of epoxide rings is 1. The quantitative estimate of drug-likeness (QED) is 0.526. The summed E-state index contributed by atoms with van der Waals surface area (Å²) in [4.78, 5) is 0. The Balaban J connectivity index is 2.02. The number of hydrogen-bond donors (Lipinski definition) is 1.